The van der Waals surface area contributed by atoms with Gasteiger partial charge in [0.25, 0.3) is 0 Å². The Labute approximate surface area is 326 Å². The van der Waals surface area contributed by atoms with Gasteiger partial charge in [-0.05, 0) is 166 Å². The molecule has 0 aromatic heterocycles. The lowest BCUT2D eigenvalue weighted by Gasteiger charge is -2.60. The third-order valence-corrected chi connectivity index (χ3v) is 15.9. The Balaban J connectivity index is 0.000000296. The Morgan fingerprint density at radius 1 is 0.833 bits per heavy atom. The molecule has 1 N–H and O–H groups in total. The van der Waals surface area contributed by atoms with Crippen LogP contribution in [0.2, 0.25) is 0 Å². The predicted octanol–water partition coefficient (Wildman–Crippen LogP) is 15.0. The number of alkyl halides is 6. The summed E-state index contributed by atoms with van der Waals surface area (Å²) in [6.45, 7) is 16.7. The summed E-state index contributed by atoms with van der Waals surface area (Å²) in [5, 5.41) is 0. The lowest BCUT2D eigenvalue weighted by Crippen LogP contribution is -2.52. The lowest BCUT2D eigenvalue weighted by atomic mass is 9.45. The van der Waals surface area contributed by atoms with Gasteiger partial charge in [0.1, 0.15) is 0 Å². The smallest absolute Gasteiger partial charge is 0.296 e. The summed E-state index contributed by atoms with van der Waals surface area (Å²) >= 11 is 1.10. The van der Waals surface area contributed by atoms with Crippen molar-refractivity contribution in [2.45, 2.75) is 168 Å². The Morgan fingerprint density at radius 3 is 2.04 bits per heavy atom. The molecule has 9 heteroatoms. The van der Waals surface area contributed by atoms with Crippen molar-refractivity contribution in [3.63, 3.8) is 0 Å². The fraction of sp³-hybridized carbons (Fsp3) is 0.756. The van der Waals surface area contributed by atoms with Crippen LogP contribution in [0.1, 0.15) is 156 Å². The van der Waals surface area contributed by atoms with Gasteiger partial charge in [-0.3, -0.25) is 9.52 Å². The van der Waals surface area contributed by atoms with E-state index >= 15 is 0 Å². The molecule has 0 saturated heterocycles. The first kappa shape index (κ1) is 44.8. The average Bonchev–Trinajstić information content (AvgIpc) is 3.44. The van der Waals surface area contributed by atoms with Crippen LogP contribution in [0, 0.1) is 51.8 Å². The van der Waals surface area contributed by atoms with Gasteiger partial charge in [-0.2, -0.15) is 26.3 Å². The predicted molar refractivity (Wildman–Crippen MR) is 211 cm³/mol. The van der Waals surface area contributed by atoms with Gasteiger partial charge in [0.05, 0.1) is 11.1 Å². The maximum absolute atomic E-state index is 12.7. The number of benzene rings is 1. The molecule has 0 heterocycles. The van der Waals surface area contributed by atoms with Crippen LogP contribution in [0.3, 0.4) is 0 Å². The van der Waals surface area contributed by atoms with Crippen molar-refractivity contribution >= 4 is 17.9 Å². The zero-order valence-electron chi connectivity index (χ0n) is 33.7. The molecule has 0 bridgehead atoms. The van der Waals surface area contributed by atoms with Crippen LogP contribution >= 0.6 is 11.9 Å². The molecule has 8 unspecified atom stereocenters. The molecule has 6 rings (SSSR count). The van der Waals surface area contributed by atoms with Crippen LogP contribution in [0.4, 0.5) is 26.3 Å². The second-order valence-electron chi connectivity index (χ2n) is 18.3. The highest BCUT2D eigenvalue weighted by atomic mass is 32.2. The summed E-state index contributed by atoms with van der Waals surface area (Å²) in [5.74, 6) is 5.31. The topological polar surface area (TPSA) is 29.1 Å². The lowest BCUT2D eigenvalue weighted by molar-refractivity contribution is -0.137. The first-order valence-electron chi connectivity index (χ1n) is 20.7. The SMILES string of the molecule is C=C/C(=C\C)C(F)(F)F.CC12CCCCC1CCC1C2CCC2(C)C(CCCC(=O)NSc3ccc(C(F)(F)F)cc3)CCC12.CC1CCCCC1(C)C. The number of amides is 1. The van der Waals surface area contributed by atoms with Gasteiger partial charge in [-0.15, -0.1) is 0 Å². The van der Waals surface area contributed by atoms with Crippen molar-refractivity contribution < 1.29 is 31.1 Å². The van der Waals surface area contributed by atoms with E-state index in [0.29, 0.717) is 27.6 Å². The molecule has 1 amide bonds. The second kappa shape index (κ2) is 18.6. The van der Waals surface area contributed by atoms with E-state index in [4.69, 9.17) is 0 Å². The molecule has 54 heavy (non-hydrogen) atoms. The highest BCUT2D eigenvalue weighted by molar-refractivity contribution is 7.98. The molecule has 1 aromatic carbocycles. The van der Waals surface area contributed by atoms with E-state index in [0.717, 1.165) is 84.6 Å². The maximum atomic E-state index is 12.7. The van der Waals surface area contributed by atoms with Crippen LogP contribution in [0.15, 0.2) is 53.5 Å². The zero-order valence-corrected chi connectivity index (χ0v) is 34.6. The van der Waals surface area contributed by atoms with Crippen molar-refractivity contribution in [1.82, 2.24) is 4.72 Å². The molecule has 5 fully saturated rings. The van der Waals surface area contributed by atoms with Crippen molar-refractivity contribution in [3.8, 4) is 0 Å². The molecule has 0 spiro atoms. The summed E-state index contributed by atoms with van der Waals surface area (Å²) in [7, 11) is 0. The van der Waals surface area contributed by atoms with Gasteiger partial charge in [0, 0.05) is 11.3 Å². The third kappa shape index (κ3) is 10.9. The van der Waals surface area contributed by atoms with E-state index in [2.05, 4.69) is 45.9 Å². The number of rotatable bonds is 7. The quantitative estimate of drug-likeness (QED) is 0.170. The van der Waals surface area contributed by atoms with Crippen LogP contribution in [0.25, 0.3) is 0 Å². The molecule has 5 saturated carbocycles. The highest BCUT2D eigenvalue weighted by Gasteiger charge is 2.59. The van der Waals surface area contributed by atoms with Crippen molar-refractivity contribution in [2.75, 3.05) is 0 Å². The first-order chi connectivity index (χ1) is 25.3. The molecule has 8 atom stereocenters. The first-order valence-corrected chi connectivity index (χ1v) is 21.6. The largest absolute Gasteiger partial charge is 0.416 e. The van der Waals surface area contributed by atoms with Crippen LogP contribution < -0.4 is 4.72 Å². The Kier molecular flexibility index (Phi) is 15.4. The summed E-state index contributed by atoms with van der Waals surface area (Å²) in [4.78, 5) is 13.0. The van der Waals surface area contributed by atoms with Crippen LogP contribution in [0.5, 0.6) is 0 Å². The fourth-order valence-corrected chi connectivity index (χ4v) is 11.9. The van der Waals surface area contributed by atoms with E-state index in [-0.39, 0.29) is 5.91 Å². The molecule has 0 aliphatic heterocycles. The van der Waals surface area contributed by atoms with Crippen LogP contribution in [-0.4, -0.2) is 12.1 Å². The van der Waals surface area contributed by atoms with Crippen molar-refractivity contribution in [2.24, 2.45) is 51.8 Å². The van der Waals surface area contributed by atoms with Gasteiger partial charge in [0.15, 0.2) is 0 Å². The number of hydrogen-bond acceptors (Lipinski definition) is 2. The van der Waals surface area contributed by atoms with E-state index in [9.17, 15) is 31.1 Å². The van der Waals surface area contributed by atoms with E-state index in [1.807, 2.05) is 0 Å². The summed E-state index contributed by atoms with van der Waals surface area (Å²) in [6.07, 6.45) is 15.6. The number of allylic oxidation sites excluding steroid dienone is 3. The Morgan fingerprint density at radius 2 is 1.48 bits per heavy atom. The van der Waals surface area contributed by atoms with E-state index < -0.39 is 23.5 Å². The number of carbonyl (C=O) groups excluding carboxylic acids is 1. The minimum atomic E-state index is -4.34. The normalized spacial score (nSPS) is 33.4. The molecular formula is C45H67F6NOS. The van der Waals surface area contributed by atoms with Gasteiger partial charge < -0.3 is 0 Å². The Bertz CT molecular complexity index is 1400. The standard InChI is InChI=1S/C30H42F3NOS.C9H18.C6H7F3/c1-28-18-4-3-6-20(28)11-15-24-25-16-12-21(29(25,2)19-17-26(24)28)7-5-8-27(35)34-36-23-13-9-22(10-14-23)30(31,32)33;1-8-6-4-5-7-9(8,2)3;1-3-5(4-2)6(7,8)9/h9-10,13-14,20-21,24-26H,3-8,11-12,15-19H2,1-2H3,(H,34,35);8H,4-7H2,1-3H3;3-4H,1H2,2H3/b;;5-4+. The molecule has 2 nitrogen and oxygen atoms in total. The molecule has 1 aromatic rings. The second-order valence-corrected chi connectivity index (χ2v) is 19.2. The molecule has 0 radical (unpaired) electrons. The summed E-state index contributed by atoms with van der Waals surface area (Å²) in [5.41, 5.74) is 0.297. The van der Waals surface area contributed by atoms with Gasteiger partial charge in [-0.1, -0.05) is 85.5 Å². The summed E-state index contributed by atoms with van der Waals surface area (Å²) in [6, 6.07) is 4.93. The van der Waals surface area contributed by atoms with Gasteiger partial charge >= 0.3 is 12.4 Å². The number of halogens is 6. The van der Waals surface area contributed by atoms with Crippen molar-refractivity contribution in [3.05, 3.63) is 54.1 Å². The molecule has 5 aliphatic rings. The number of nitrogens with one attached hydrogen (secondary N) is 1. The minimum absolute atomic E-state index is 0.0353. The highest BCUT2D eigenvalue weighted by Crippen LogP contribution is 2.68. The molecular weight excluding hydrogens is 717 g/mol. The number of fused-ring (bicyclic) bond motifs is 5. The van der Waals surface area contributed by atoms with E-state index in [1.165, 1.54) is 109 Å². The monoisotopic (exact) mass is 783 g/mol. The van der Waals surface area contributed by atoms with Crippen LogP contribution in [-0.2, 0) is 11.0 Å². The maximum Gasteiger partial charge on any atom is 0.416 e. The summed E-state index contributed by atoms with van der Waals surface area (Å²) < 4.78 is 75.7. The number of hydrogen-bond donors (Lipinski definition) is 1. The fourth-order valence-electron chi connectivity index (χ4n) is 11.3. The van der Waals surface area contributed by atoms with Crippen molar-refractivity contribution in [1.29, 1.82) is 0 Å². The Hall–Kier alpha value is -1.90. The molecule has 306 valence electrons. The third-order valence-electron chi connectivity index (χ3n) is 15.1. The zero-order chi connectivity index (χ0) is 40.0. The average molecular weight is 784 g/mol. The van der Waals surface area contributed by atoms with Gasteiger partial charge in [0.2, 0.25) is 5.91 Å². The number of carbonyl (C=O) groups is 1. The van der Waals surface area contributed by atoms with E-state index in [1.54, 1.807) is 0 Å². The minimum Gasteiger partial charge on any atom is -0.296 e. The molecule has 5 aliphatic carbocycles. The van der Waals surface area contributed by atoms with Gasteiger partial charge in [-0.25, -0.2) is 0 Å².